The summed E-state index contributed by atoms with van der Waals surface area (Å²) in [5.74, 6) is -1.26. The van der Waals surface area contributed by atoms with Crippen LogP contribution in [0.25, 0.3) is 0 Å². The van der Waals surface area contributed by atoms with E-state index in [1.165, 1.54) is 0 Å². The minimum atomic E-state index is -3.80. The molecule has 15 heavy (non-hydrogen) atoms. The summed E-state index contributed by atoms with van der Waals surface area (Å²) in [6, 6.07) is -0.713. The third-order valence-electron chi connectivity index (χ3n) is 1.38. The predicted molar refractivity (Wildman–Crippen MR) is 55.9 cm³/mol. The second-order valence-corrected chi connectivity index (χ2v) is 4.75. The molecular formula is C7H18N2O5S. The van der Waals surface area contributed by atoms with Gasteiger partial charge in [0.2, 0.25) is 0 Å². The lowest BCUT2D eigenvalue weighted by Crippen LogP contribution is -2.34. The van der Waals surface area contributed by atoms with Crippen molar-refractivity contribution in [2.75, 3.05) is 12.3 Å². The zero-order chi connectivity index (χ0) is 12.6. The van der Waals surface area contributed by atoms with Crippen molar-refractivity contribution >= 4 is 16.1 Å². The first-order chi connectivity index (χ1) is 6.61. The number of hydrogen-bond acceptors (Lipinski definition) is 5. The van der Waals surface area contributed by atoms with Crippen LogP contribution in [0.4, 0.5) is 0 Å². The molecule has 1 unspecified atom stereocenters. The van der Waals surface area contributed by atoms with Crippen molar-refractivity contribution in [1.82, 2.24) is 0 Å². The van der Waals surface area contributed by atoms with Gasteiger partial charge in [0, 0.05) is 6.54 Å². The first-order valence-corrected chi connectivity index (χ1v) is 5.86. The summed E-state index contributed by atoms with van der Waals surface area (Å²) in [7, 11) is -3.80. The fraction of sp³-hybridized carbons (Fsp3) is 0.857. The SMILES string of the molecule is CC(C)C(N)C(=O)O.NCCS(=O)(=O)O. The number of hydrogen-bond donors (Lipinski definition) is 4. The zero-order valence-electron chi connectivity index (χ0n) is 8.75. The zero-order valence-corrected chi connectivity index (χ0v) is 9.57. The highest BCUT2D eigenvalue weighted by atomic mass is 32.2. The maximum atomic E-state index is 10.0. The molecule has 0 aromatic carbocycles. The molecule has 6 N–H and O–H groups in total. The topological polar surface area (TPSA) is 144 Å². The highest BCUT2D eigenvalue weighted by molar-refractivity contribution is 7.85. The summed E-state index contributed by atoms with van der Waals surface area (Å²) in [5.41, 5.74) is 9.94. The molecule has 0 aliphatic rings. The molecule has 92 valence electrons. The van der Waals surface area contributed by atoms with Gasteiger partial charge < -0.3 is 16.6 Å². The average Bonchev–Trinajstić information content (AvgIpc) is 2.01. The molecular weight excluding hydrogens is 224 g/mol. The number of rotatable bonds is 4. The van der Waals surface area contributed by atoms with Gasteiger partial charge in [-0.1, -0.05) is 13.8 Å². The minimum absolute atomic E-state index is 0.0208. The highest BCUT2D eigenvalue weighted by Gasteiger charge is 2.14. The Balaban J connectivity index is 0. The van der Waals surface area contributed by atoms with E-state index in [9.17, 15) is 13.2 Å². The summed E-state index contributed by atoms with van der Waals surface area (Å²) >= 11 is 0. The third-order valence-corrected chi connectivity index (χ3v) is 2.13. The summed E-state index contributed by atoms with van der Waals surface area (Å²) in [5, 5.41) is 8.23. The van der Waals surface area contributed by atoms with E-state index in [0.29, 0.717) is 0 Å². The first-order valence-electron chi connectivity index (χ1n) is 4.25. The van der Waals surface area contributed by atoms with Gasteiger partial charge >= 0.3 is 5.97 Å². The summed E-state index contributed by atoms with van der Waals surface area (Å²) < 4.78 is 27.3. The van der Waals surface area contributed by atoms with Crippen LogP contribution < -0.4 is 11.5 Å². The molecule has 0 amide bonds. The van der Waals surface area contributed by atoms with Crippen molar-refractivity contribution in [2.24, 2.45) is 17.4 Å². The predicted octanol–water partition coefficient (Wildman–Crippen LogP) is -1.11. The van der Waals surface area contributed by atoms with Gasteiger partial charge in [-0.05, 0) is 5.92 Å². The second kappa shape index (κ2) is 7.57. The Morgan fingerprint density at radius 2 is 1.80 bits per heavy atom. The summed E-state index contributed by atoms with van der Waals surface area (Å²) in [4.78, 5) is 10.0. The van der Waals surface area contributed by atoms with Crippen LogP contribution in [0.1, 0.15) is 13.8 Å². The van der Waals surface area contributed by atoms with E-state index in [0.717, 1.165) is 0 Å². The Hall–Kier alpha value is -0.700. The molecule has 7 nitrogen and oxygen atoms in total. The van der Waals surface area contributed by atoms with E-state index in [2.05, 4.69) is 0 Å². The molecule has 1 atom stereocenters. The van der Waals surface area contributed by atoms with E-state index < -0.39 is 22.1 Å². The van der Waals surface area contributed by atoms with Crippen LogP contribution in [0.15, 0.2) is 0 Å². The van der Waals surface area contributed by atoms with Gasteiger partial charge in [0.05, 0.1) is 5.75 Å². The van der Waals surface area contributed by atoms with E-state index in [-0.39, 0.29) is 18.2 Å². The Labute approximate surface area is 89.2 Å². The second-order valence-electron chi connectivity index (χ2n) is 3.18. The monoisotopic (exact) mass is 242 g/mol. The van der Waals surface area contributed by atoms with Crippen LogP contribution in [0.3, 0.4) is 0 Å². The lowest BCUT2D eigenvalue weighted by Gasteiger charge is -2.07. The molecule has 0 rings (SSSR count). The van der Waals surface area contributed by atoms with Crippen molar-refractivity contribution in [3.63, 3.8) is 0 Å². The van der Waals surface area contributed by atoms with Gasteiger partial charge in [-0.25, -0.2) is 0 Å². The molecule has 0 saturated carbocycles. The molecule has 0 fully saturated rings. The molecule has 0 saturated heterocycles. The lowest BCUT2D eigenvalue weighted by molar-refractivity contribution is -0.139. The Bertz CT molecular complexity index is 275. The molecule has 0 heterocycles. The highest BCUT2D eigenvalue weighted by Crippen LogP contribution is 1.96. The Kier molecular flexibility index (Phi) is 8.44. The van der Waals surface area contributed by atoms with Crippen molar-refractivity contribution < 1.29 is 22.9 Å². The van der Waals surface area contributed by atoms with Crippen LogP contribution in [0.5, 0.6) is 0 Å². The Morgan fingerprint density at radius 3 is 1.80 bits per heavy atom. The van der Waals surface area contributed by atoms with Gasteiger partial charge in [0.25, 0.3) is 10.1 Å². The smallest absolute Gasteiger partial charge is 0.320 e. The van der Waals surface area contributed by atoms with Gasteiger partial charge in [-0.2, -0.15) is 8.42 Å². The van der Waals surface area contributed by atoms with Gasteiger partial charge in [-0.15, -0.1) is 0 Å². The van der Waals surface area contributed by atoms with Crippen molar-refractivity contribution in [3.05, 3.63) is 0 Å². The maximum absolute atomic E-state index is 10.0. The van der Waals surface area contributed by atoms with Gasteiger partial charge in [-0.3, -0.25) is 9.35 Å². The van der Waals surface area contributed by atoms with Crippen LogP contribution in [-0.4, -0.2) is 42.4 Å². The maximum Gasteiger partial charge on any atom is 0.320 e. The third kappa shape index (κ3) is 13.3. The first kappa shape index (κ1) is 16.7. The number of nitrogens with two attached hydrogens (primary N) is 2. The molecule has 0 spiro atoms. The van der Waals surface area contributed by atoms with E-state index in [1.54, 1.807) is 13.8 Å². The molecule has 0 radical (unpaired) electrons. The number of carboxylic acids is 1. The molecule has 0 aromatic rings. The lowest BCUT2D eigenvalue weighted by atomic mass is 10.1. The summed E-state index contributed by atoms with van der Waals surface area (Å²) in [6.07, 6.45) is 0. The molecule has 0 aromatic heterocycles. The number of carbonyl (C=O) groups is 1. The van der Waals surface area contributed by atoms with Crippen molar-refractivity contribution in [1.29, 1.82) is 0 Å². The van der Waals surface area contributed by atoms with Crippen LogP contribution in [0, 0.1) is 5.92 Å². The average molecular weight is 242 g/mol. The fourth-order valence-electron chi connectivity index (χ4n) is 0.434. The van der Waals surface area contributed by atoms with Crippen LogP contribution in [-0.2, 0) is 14.9 Å². The quantitative estimate of drug-likeness (QED) is 0.457. The van der Waals surface area contributed by atoms with Crippen molar-refractivity contribution in [3.8, 4) is 0 Å². The Morgan fingerprint density at radius 1 is 1.40 bits per heavy atom. The largest absolute Gasteiger partial charge is 0.480 e. The fourth-order valence-corrected chi connectivity index (χ4v) is 0.732. The summed E-state index contributed by atoms with van der Waals surface area (Å²) in [6.45, 7) is 3.52. The number of carboxylic acid groups (broad SMARTS) is 1. The normalized spacial score (nSPS) is 12.9. The molecule has 8 heteroatoms. The van der Waals surface area contributed by atoms with Crippen LogP contribution in [0.2, 0.25) is 0 Å². The molecule has 0 aliphatic heterocycles. The van der Waals surface area contributed by atoms with E-state index >= 15 is 0 Å². The molecule has 0 aliphatic carbocycles. The minimum Gasteiger partial charge on any atom is -0.480 e. The standard InChI is InChI=1S/C5H11NO2.C2H7NO3S/c1-3(2)4(6)5(7)8;3-1-2-7(4,5)6/h3-4H,6H2,1-2H3,(H,7,8);1-3H2,(H,4,5,6). The van der Waals surface area contributed by atoms with E-state index in [1.807, 2.05) is 0 Å². The van der Waals surface area contributed by atoms with Gasteiger partial charge in [0.1, 0.15) is 6.04 Å². The molecule has 0 bridgehead atoms. The van der Waals surface area contributed by atoms with Crippen molar-refractivity contribution in [2.45, 2.75) is 19.9 Å². The number of aliphatic carboxylic acids is 1. The van der Waals surface area contributed by atoms with E-state index in [4.69, 9.17) is 21.1 Å². The van der Waals surface area contributed by atoms with Crippen LogP contribution >= 0.6 is 0 Å². The van der Waals surface area contributed by atoms with Gasteiger partial charge in [0.15, 0.2) is 0 Å².